The molecule has 10 heteroatoms. The van der Waals surface area contributed by atoms with Crippen LogP contribution in [0.5, 0.6) is 5.75 Å². The molecule has 2 N–H and O–H groups in total. The molecule has 39 heavy (non-hydrogen) atoms. The molecule has 0 radical (unpaired) electrons. The van der Waals surface area contributed by atoms with Crippen LogP contribution in [0.15, 0.2) is 55.2 Å². The number of esters is 1. The van der Waals surface area contributed by atoms with E-state index < -0.39 is 5.97 Å². The van der Waals surface area contributed by atoms with Gasteiger partial charge in [0.15, 0.2) is 5.82 Å². The molecule has 1 aromatic heterocycles. The Morgan fingerprint density at radius 3 is 2.59 bits per heavy atom. The van der Waals surface area contributed by atoms with Gasteiger partial charge in [0, 0.05) is 42.1 Å². The predicted octanol–water partition coefficient (Wildman–Crippen LogP) is 5.73. The van der Waals surface area contributed by atoms with E-state index in [0.29, 0.717) is 39.8 Å². The topological polar surface area (TPSA) is 91.8 Å². The lowest BCUT2D eigenvalue weighted by atomic mass is 10.0. The van der Waals surface area contributed by atoms with Gasteiger partial charge in [-0.1, -0.05) is 36.4 Å². The first-order valence-corrected chi connectivity index (χ1v) is 13.3. The number of piperidine rings is 1. The average Bonchev–Trinajstić information content (AvgIpc) is 2.95. The van der Waals surface area contributed by atoms with Crippen LogP contribution in [-0.4, -0.2) is 67.8 Å². The highest BCUT2D eigenvalue weighted by Crippen LogP contribution is 2.34. The number of methoxy groups -OCH3 is 1. The smallest absolute Gasteiger partial charge is 0.338 e. The van der Waals surface area contributed by atoms with Crippen LogP contribution < -0.4 is 20.3 Å². The van der Waals surface area contributed by atoms with Crippen molar-refractivity contribution in [3.8, 4) is 5.75 Å². The molecule has 3 aromatic rings. The monoisotopic (exact) mass is 550 g/mol. The molecule has 2 heterocycles. The summed E-state index contributed by atoms with van der Waals surface area (Å²) in [5.41, 5.74) is 3.29. The normalized spacial score (nSPS) is 13.7. The number of halogens is 1. The second kappa shape index (κ2) is 12.8. The summed E-state index contributed by atoms with van der Waals surface area (Å²) in [6.07, 6.45) is 3.76. The summed E-state index contributed by atoms with van der Waals surface area (Å²) < 4.78 is 10.8. The van der Waals surface area contributed by atoms with Crippen LogP contribution in [0.2, 0.25) is 5.02 Å². The molecule has 1 saturated heterocycles. The molecule has 1 fully saturated rings. The minimum Gasteiger partial charge on any atom is -0.494 e. The molecule has 1 aliphatic heterocycles. The summed E-state index contributed by atoms with van der Waals surface area (Å²) >= 11 is 6.43. The van der Waals surface area contributed by atoms with E-state index in [9.17, 15) is 4.79 Å². The van der Waals surface area contributed by atoms with E-state index in [1.54, 1.807) is 20.1 Å². The second-order valence-electron chi connectivity index (χ2n) is 9.45. The molecule has 2 aromatic carbocycles. The van der Waals surface area contributed by atoms with E-state index in [1.807, 2.05) is 30.3 Å². The number of ether oxygens (including phenoxy) is 2. The lowest BCUT2D eigenvalue weighted by Gasteiger charge is -2.36. The maximum absolute atomic E-state index is 12.3. The Bertz CT molecular complexity index is 1320. The first-order chi connectivity index (χ1) is 18.8. The Balaban J connectivity index is 1.52. The minimum atomic E-state index is -0.486. The standard InChI is InChI=1S/C29H35ClN6O3/c1-6-39-28(37)19(2)22-9-7-8-10-24(22)32-27-23(30)18-31-29(34-27)33-25-12-11-21(17-26(25)38-5)36-15-13-20(14-16-36)35(3)4/h7-12,17-18,20H,2,6,13-16H2,1,3-5H3,(H2,31,32,33,34). The SMILES string of the molecule is C=C(C(=O)OCC)c1ccccc1Nc1nc(Nc2ccc(N3CCC(N(C)C)CC3)cc2OC)ncc1Cl. The van der Waals surface area contributed by atoms with Crippen molar-refractivity contribution in [3.63, 3.8) is 0 Å². The largest absolute Gasteiger partial charge is 0.494 e. The fourth-order valence-corrected chi connectivity index (χ4v) is 4.71. The molecule has 4 rings (SSSR count). The number of carbonyl (C=O) groups excluding carboxylic acids is 1. The maximum atomic E-state index is 12.3. The molecular weight excluding hydrogens is 516 g/mol. The summed E-state index contributed by atoms with van der Waals surface area (Å²) in [4.78, 5) is 25.9. The Morgan fingerprint density at radius 1 is 1.15 bits per heavy atom. The van der Waals surface area contributed by atoms with Gasteiger partial charge in [-0.15, -0.1) is 0 Å². The summed E-state index contributed by atoms with van der Waals surface area (Å²) in [6.45, 7) is 7.91. The molecule has 0 bridgehead atoms. The number of para-hydroxylation sites is 1. The molecule has 0 spiro atoms. The second-order valence-corrected chi connectivity index (χ2v) is 9.86. The first kappa shape index (κ1) is 28.2. The zero-order chi connectivity index (χ0) is 27.9. The van der Waals surface area contributed by atoms with Gasteiger partial charge < -0.3 is 29.9 Å². The van der Waals surface area contributed by atoms with Crippen LogP contribution in [0.1, 0.15) is 25.3 Å². The highest BCUT2D eigenvalue weighted by Gasteiger charge is 2.22. The number of carbonyl (C=O) groups is 1. The van der Waals surface area contributed by atoms with Crippen molar-refractivity contribution in [2.45, 2.75) is 25.8 Å². The van der Waals surface area contributed by atoms with Gasteiger partial charge in [-0.05, 0) is 52.1 Å². The van der Waals surface area contributed by atoms with Crippen LogP contribution in [0, 0.1) is 0 Å². The highest BCUT2D eigenvalue weighted by atomic mass is 35.5. The van der Waals surface area contributed by atoms with Crippen molar-refractivity contribution in [2.75, 3.05) is 56.4 Å². The fraction of sp³-hybridized carbons (Fsp3) is 0.345. The summed E-state index contributed by atoms with van der Waals surface area (Å²) in [5, 5.41) is 6.76. The molecule has 0 aliphatic carbocycles. The number of anilines is 5. The third-order valence-corrected chi connectivity index (χ3v) is 7.04. The van der Waals surface area contributed by atoms with E-state index >= 15 is 0 Å². The average molecular weight is 551 g/mol. The van der Waals surface area contributed by atoms with Crippen LogP contribution >= 0.6 is 11.6 Å². The van der Waals surface area contributed by atoms with Gasteiger partial charge in [-0.2, -0.15) is 4.98 Å². The van der Waals surface area contributed by atoms with Gasteiger partial charge in [0.2, 0.25) is 5.95 Å². The lowest BCUT2D eigenvalue weighted by Crippen LogP contribution is -2.41. The Hall–Kier alpha value is -3.82. The third kappa shape index (κ3) is 6.79. The fourth-order valence-electron chi connectivity index (χ4n) is 4.57. The van der Waals surface area contributed by atoms with Gasteiger partial charge in [0.1, 0.15) is 10.8 Å². The Labute approximate surface area is 234 Å². The number of aromatic nitrogens is 2. The molecule has 9 nitrogen and oxygen atoms in total. The van der Waals surface area contributed by atoms with Crippen LogP contribution in [0.4, 0.5) is 28.8 Å². The number of benzene rings is 2. The summed E-state index contributed by atoms with van der Waals surface area (Å²) in [7, 11) is 5.93. The summed E-state index contributed by atoms with van der Waals surface area (Å²) in [5.74, 6) is 0.908. The van der Waals surface area contributed by atoms with Crippen molar-refractivity contribution in [1.29, 1.82) is 0 Å². The zero-order valence-corrected chi connectivity index (χ0v) is 23.6. The Morgan fingerprint density at radius 2 is 1.90 bits per heavy atom. The van der Waals surface area contributed by atoms with Gasteiger partial charge in [0.25, 0.3) is 0 Å². The number of hydrogen-bond acceptors (Lipinski definition) is 9. The van der Waals surface area contributed by atoms with E-state index in [1.165, 1.54) is 6.20 Å². The number of nitrogens with one attached hydrogen (secondary N) is 2. The van der Waals surface area contributed by atoms with Crippen molar-refractivity contribution >= 4 is 52.0 Å². The molecule has 1 aliphatic rings. The van der Waals surface area contributed by atoms with Crippen LogP contribution in [0.3, 0.4) is 0 Å². The van der Waals surface area contributed by atoms with Crippen molar-refractivity contribution in [2.24, 2.45) is 0 Å². The van der Waals surface area contributed by atoms with E-state index in [2.05, 4.69) is 57.1 Å². The molecular formula is C29H35ClN6O3. The van der Waals surface area contributed by atoms with Gasteiger partial charge in [0.05, 0.1) is 31.2 Å². The first-order valence-electron chi connectivity index (χ1n) is 12.9. The number of hydrogen-bond donors (Lipinski definition) is 2. The molecule has 0 atom stereocenters. The third-order valence-electron chi connectivity index (χ3n) is 6.76. The van der Waals surface area contributed by atoms with Gasteiger partial charge in [-0.3, -0.25) is 0 Å². The van der Waals surface area contributed by atoms with Crippen molar-refractivity contribution < 1.29 is 14.3 Å². The number of nitrogens with zero attached hydrogens (tertiary/aromatic N) is 4. The molecule has 0 amide bonds. The predicted molar refractivity (Wildman–Crippen MR) is 158 cm³/mol. The molecule has 0 saturated carbocycles. The molecule has 206 valence electrons. The summed E-state index contributed by atoms with van der Waals surface area (Å²) in [6, 6.07) is 13.9. The molecule has 0 unspecified atom stereocenters. The van der Waals surface area contributed by atoms with E-state index in [-0.39, 0.29) is 12.2 Å². The van der Waals surface area contributed by atoms with Crippen LogP contribution in [0.25, 0.3) is 5.57 Å². The van der Waals surface area contributed by atoms with Crippen molar-refractivity contribution in [1.82, 2.24) is 14.9 Å². The van der Waals surface area contributed by atoms with Crippen molar-refractivity contribution in [3.05, 3.63) is 65.8 Å². The Kier molecular flexibility index (Phi) is 9.27. The zero-order valence-electron chi connectivity index (χ0n) is 22.8. The van der Waals surface area contributed by atoms with Crippen LogP contribution in [-0.2, 0) is 9.53 Å². The highest BCUT2D eigenvalue weighted by molar-refractivity contribution is 6.33. The van der Waals surface area contributed by atoms with Gasteiger partial charge >= 0.3 is 5.97 Å². The maximum Gasteiger partial charge on any atom is 0.338 e. The van der Waals surface area contributed by atoms with E-state index in [0.717, 1.165) is 37.3 Å². The minimum absolute atomic E-state index is 0.235. The van der Waals surface area contributed by atoms with Gasteiger partial charge in [-0.25, -0.2) is 9.78 Å². The quantitative estimate of drug-likeness (QED) is 0.242. The lowest BCUT2D eigenvalue weighted by molar-refractivity contribution is -0.136. The van der Waals surface area contributed by atoms with E-state index in [4.69, 9.17) is 21.1 Å². The number of rotatable bonds is 10.